The Morgan fingerprint density at radius 1 is 1.16 bits per heavy atom. The summed E-state index contributed by atoms with van der Waals surface area (Å²) in [5.41, 5.74) is -0.685. The lowest BCUT2D eigenvalue weighted by Gasteiger charge is -2.43. The SMILES string of the molecule is CC(=O)Nc1ccn(OC2OC[C@H](OC(C(C)C)(C(C)C)P(=O)(O)O)[C@H]2OC(=O)c2ccccc2)c(=O)n1. The standard InChI is InChI=1S/C24H32N3O10P/c1-14(2)24(15(3)4,38(31,32)33)36-18-13-34-22(20(18)35-21(29)17-9-7-6-8-10-17)37-27-12-11-19(25-16(5)28)26-23(27)30/h6-12,14-15,18,20,22H,13H2,1-5H3,(H2,31,32,33)(H,25,26,28,30)/t18-,20+,22?/m0/s1. The molecule has 0 radical (unpaired) electrons. The molecule has 0 spiro atoms. The van der Waals surface area contributed by atoms with Gasteiger partial charge in [0.2, 0.25) is 5.91 Å². The zero-order valence-corrected chi connectivity index (χ0v) is 22.5. The quantitative estimate of drug-likeness (QED) is 0.289. The Bertz CT molecular complexity index is 1240. The number of rotatable bonds is 10. The van der Waals surface area contributed by atoms with Gasteiger partial charge in [-0.05, 0) is 24.0 Å². The summed E-state index contributed by atoms with van der Waals surface area (Å²) in [5, 5.41) is 0.449. The first kappa shape index (κ1) is 29.5. The summed E-state index contributed by atoms with van der Waals surface area (Å²) in [7, 11) is -4.86. The lowest BCUT2D eigenvalue weighted by Crippen LogP contribution is -2.51. The number of ether oxygens (including phenoxy) is 3. The molecule has 3 rings (SSSR count). The summed E-state index contributed by atoms with van der Waals surface area (Å²) in [4.78, 5) is 66.6. The number of hydrogen-bond acceptors (Lipinski definition) is 9. The van der Waals surface area contributed by atoms with Crippen molar-refractivity contribution < 1.29 is 43.0 Å². The highest BCUT2D eigenvalue weighted by molar-refractivity contribution is 7.53. The maximum atomic E-state index is 12.9. The van der Waals surface area contributed by atoms with Gasteiger partial charge in [-0.15, -0.1) is 4.73 Å². The maximum Gasteiger partial charge on any atom is 0.382 e. The predicted octanol–water partition coefficient (Wildman–Crippen LogP) is 1.78. The molecule has 1 aliphatic rings. The summed E-state index contributed by atoms with van der Waals surface area (Å²) >= 11 is 0. The first-order valence-electron chi connectivity index (χ1n) is 11.9. The van der Waals surface area contributed by atoms with Gasteiger partial charge in [-0.3, -0.25) is 9.36 Å². The third kappa shape index (κ3) is 6.30. The molecule has 0 saturated carbocycles. The van der Waals surface area contributed by atoms with Crippen LogP contribution in [-0.4, -0.2) is 61.8 Å². The average molecular weight is 554 g/mol. The van der Waals surface area contributed by atoms with Crippen LogP contribution in [0.5, 0.6) is 0 Å². The van der Waals surface area contributed by atoms with Gasteiger partial charge in [-0.1, -0.05) is 45.9 Å². The highest BCUT2D eigenvalue weighted by atomic mass is 31.2. The van der Waals surface area contributed by atoms with Crippen LogP contribution in [0.25, 0.3) is 0 Å². The van der Waals surface area contributed by atoms with E-state index in [0.29, 0.717) is 0 Å². The van der Waals surface area contributed by atoms with E-state index in [0.717, 1.165) is 4.73 Å². The fourth-order valence-electron chi connectivity index (χ4n) is 4.40. The van der Waals surface area contributed by atoms with Crippen LogP contribution in [-0.2, 0) is 23.6 Å². The predicted molar refractivity (Wildman–Crippen MR) is 134 cm³/mol. The Morgan fingerprint density at radius 2 is 1.79 bits per heavy atom. The number of benzene rings is 1. The van der Waals surface area contributed by atoms with Crippen LogP contribution in [0.2, 0.25) is 0 Å². The fourth-order valence-corrected chi connectivity index (χ4v) is 6.02. The normalized spacial score (nSPS) is 20.0. The Balaban J connectivity index is 1.95. The second-order valence-corrected chi connectivity index (χ2v) is 11.2. The molecule has 14 heteroatoms. The Hall–Kier alpha value is -3.09. The van der Waals surface area contributed by atoms with E-state index >= 15 is 0 Å². The molecular weight excluding hydrogens is 521 g/mol. The molecule has 1 saturated heterocycles. The van der Waals surface area contributed by atoms with E-state index in [1.807, 2.05) is 0 Å². The van der Waals surface area contributed by atoms with Gasteiger partial charge in [0.25, 0.3) is 6.29 Å². The van der Waals surface area contributed by atoms with E-state index in [1.165, 1.54) is 31.3 Å². The minimum atomic E-state index is -4.86. The number of nitrogens with zero attached hydrogens (tertiary/aromatic N) is 2. The molecule has 1 amide bonds. The van der Waals surface area contributed by atoms with E-state index in [-0.39, 0.29) is 18.0 Å². The van der Waals surface area contributed by atoms with Gasteiger partial charge in [-0.25, -0.2) is 9.59 Å². The molecule has 1 aliphatic heterocycles. The number of carbonyl (C=O) groups excluding carboxylic acids is 2. The van der Waals surface area contributed by atoms with Crippen LogP contribution < -0.4 is 15.8 Å². The number of carbonyl (C=O) groups is 2. The monoisotopic (exact) mass is 553 g/mol. The van der Waals surface area contributed by atoms with Crippen LogP contribution in [0.4, 0.5) is 5.82 Å². The number of esters is 1. The van der Waals surface area contributed by atoms with Crippen molar-refractivity contribution in [2.24, 2.45) is 11.8 Å². The minimum Gasteiger partial charge on any atom is -0.449 e. The van der Waals surface area contributed by atoms with Gasteiger partial charge in [-0.2, -0.15) is 4.98 Å². The van der Waals surface area contributed by atoms with Crippen LogP contribution in [0.1, 0.15) is 45.0 Å². The third-order valence-electron chi connectivity index (χ3n) is 6.06. The van der Waals surface area contributed by atoms with Gasteiger partial charge < -0.3 is 34.2 Å². The molecule has 38 heavy (non-hydrogen) atoms. The molecule has 2 aromatic rings. The van der Waals surface area contributed by atoms with Crippen molar-refractivity contribution in [3.8, 4) is 0 Å². The molecule has 3 N–H and O–H groups in total. The van der Waals surface area contributed by atoms with Gasteiger partial charge in [0, 0.05) is 13.0 Å². The molecule has 0 aliphatic carbocycles. The summed E-state index contributed by atoms with van der Waals surface area (Å²) in [6.07, 6.45) is -2.69. The van der Waals surface area contributed by atoms with Crippen LogP contribution in [0.3, 0.4) is 0 Å². The first-order chi connectivity index (χ1) is 17.8. The van der Waals surface area contributed by atoms with E-state index in [1.54, 1.807) is 45.9 Å². The number of nitrogens with one attached hydrogen (secondary N) is 1. The average Bonchev–Trinajstić information content (AvgIpc) is 3.18. The summed E-state index contributed by atoms with van der Waals surface area (Å²) in [5.74, 6) is -2.45. The Kier molecular flexibility index (Phi) is 9.11. The highest BCUT2D eigenvalue weighted by Crippen LogP contribution is 2.60. The minimum absolute atomic E-state index is 0.00301. The van der Waals surface area contributed by atoms with Crippen molar-refractivity contribution in [2.45, 2.75) is 58.5 Å². The number of anilines is 1. The lowest BCUT2D eigenvalue weighted by molar-refractivity contribution is -0.170. The van der Waals surface area contributed by atoms with E-state index in [2.05, 4.69) is 10.3 Å². The summed E-state index contributed by atoms with van der Waals surface area (Å²) in [6.45, 7) is 7.48. The molecule has 1 unspecified atom stereocenters. The van der Waals surface area contributed by atoms with Gasteiger partial charge in [0.05, 0.1) is 18.4 Å². The molecular formula is C24H32N3O10P. The Labute approximate surface area is 219 Å². The van der Waals surface area contributed by atoms with Crippen LogP contribution in [0, 0.1) is 11.8 Å². The topological polar surface area (TPSA) is 176 Å². The molecule has 13 nitrogen and oxygen atoms in total. The van der Waals surface area contributed by atoms with Crippen LogP contribution >= 0.6 is 7.60 Å². The molecule has 2 heterocycles. The second-order valence-electron chi connectivity index (χ2n) is 9.41. The molecule has 1 aromatic carbocycles. The molecule has 1 fully saturated rings. The van der Waals surface area contributed by atoms with E-state index in [4.69, 9.17) is 19.0 Å². The lowest BCUT2D eigenvalue weighted by atomic mass is 9.94. The van der Waals surface area contributed by atoms with Gasteiger partial charge >= 0.3 is 19.3 Å². The molecule has 208 valence electrons. The highest BCUT2D eigenvalue weighted by Gasteiger charge is 2.57. The number of amides is 1. The van der Waals surface area contributed by atoms with Crippen LogP contribution in [0.15, 0.2) is 47.4 Å². The van der Waals surface area contributed by atoms with Crippen molar-refractivity contribution in [1.82, 2.24) is 9.71 Å². The molecule has 3 atom stereocenters. The van der Waals surface area contributed by atoms with Gasteiger partial charge in [0.15, 0.2) is 11.4 Å². The van der Waals surface area contributed by atoms with Crippen molar-refractivity contribution in [3.63, 3.8) is 0 Å². The van der Waals surface area contributed by atoms with Crippen molar-refractivity contribution in [1.29, 1.82) is 0 Å². The summed E-state index contributed by atoms with van der Waals surface area (Å²) in [6, 6.07) is 9.37. The molecule has 0 bridgehead atoms. The Morgan fingerprint density at radius 3 is 2.32 bits per heavy atom. The smallest absolute Gasteiger partial charge is 0.382 e. The second kappa shape index (κ2) is 11.7. The largest absolute Gasteiger partial charge is 0.449 e. The van der Waals surface area contributed by atoms with E-state index in [9.17, 15) is 28.7 Å². The number of hydrogen-bond donors (Lipinski definition) is 3. The zero-order chi connectivity index (χ0) is 28.3. The number of aromatic nitrogens is 2. The summed E-state index contributed by atoms with van der Waals surface area (Å²) < 4.78 is 30.9. The first-order valence-corrected chi connectivity index (χ1v) is 13.5. The fraction of sp³-hybridized carbons (Fsp3) is 0.500. The maximum absolute atomic E-state index is 12.9. The van der Waals surface area contributed by atoms with Crippen molar-refractivity contribution in [3.05, 3.63) is 58.6 Å². The molecule has 1 aromatic heterocycles. The van der Waals surface area contributed by atoms with E-state index < -0.39 is 60.8 Å². The third-order valence-corrected chi connectivity index (χ3v) is 8.10. The zero-order valence-electron chi connectivity index (χ0n) is 21.6. The van der Waals surface area contributed by atoms with Gasteiger partial charge in [0.1, 0.15) is 11.9 Å². The van der Waals surface area contributed by atoms with Crippen molar-refractivity contribution >= 4 is 25.3 Å². The van der Waals surface area contributed by atoms with Crippen molar-refractivity contribution in [2.75, 3.05) is 11.9 Å².